The summed E-state index contributed by atoms with van der Waals surface area (Å²) >= 11 is 1.16. The van der Waals surface area contributed by atoms with Gasteiger partial charge >= 0.3 is 5.97 Å². The summed E-state index contributed by atoms with van der Waals surface area (Å²) in [5.74, 6) is -0.961. The quantitative estimate of drug-likeness (QED) is 0.687. The maximum atomic E-state index is 12.9. The molecule has 0 spiro atoms. The van der Waals surface area contributed by atoms with Gasteiger partial charge in [0.2, 0.25) is 0 Å². The molecule has 3 aromatic rings. The third-order valence-electron chi connectivity index (χ3n) is 3.72. The minimum absolute atomic E-state index is 0.209. The number of carbonyl (C=O) groups excluding carboxylic acids is 1. The third-order valence-corrected chi connectivity index (χ3v) is 4.87. The van der Waals surface area contributed by atoms with Gasteiger partial charge in [0.25, 0.3) is 5.91 Å². The van der Waals surface area contributed by atoms with Crippen molar-refractivity contribution < 1.29 is 14.7 Å². The first kappa shape index (κ1) is 17.7. The molecule has 0 aliphatic rings. The first-order valence-corrected chi connectivity index (χ1v) is 8.65. The fourth-order valence-corrected chi connectivity index (χ4v) is 3.41. The lowest BCUT2D eigenvalue weighted by molar-refractivity contribution is -0.137. The molecule has 9 heteroatoms. The van der Waals surface area contributed by atoms with Crippen molar-refractivity contribution in [1.29, 1.82) is 0 Å². The average Bonchev–Trinajstić information content (AvgIpc) is 3.24. The fraction of sp³-hybridized carbons (Fsp3) is 0.235. The molecule has 3 rings (SSSR count). The summed E-state index contributed by atoms with van der Waals surface area (Å²) in [5, 5.41) is 16.2. The topological polar surface area (TPSA) is 112 Å². The van der Waals surface area contributed by atoms with Crippen LogP contribution in [0.25, 0.3) is 10.8 Å². The van der Waals surface area contributed by atoms with Gasteiger partial charge in [-0.2, -0.15) is 5.10 Å². The van der Waals surface area contributed by atoms with E-state index in [1.54, 1.807) is 6.92 Å². The maximum Gasteiger partial charge on any atom is 0.323 e. The van der Waals surface area contributed by atoms with Gasteiger partial charge in [0.05, 0.1) is 5.69 Å². The zero-order valence-corrected chi connectivity index (χ0v) is 15.1. The Morgan fingerprint density at radius 1 is 1.23 bits per heavy atom. The molecular formula is C17H17N5O3S. The van der Waals surface area contributed by atoms with Crippen LogP contribution >= 0.6 is 11.3 Å². The van der Waals surface area contributed by atoms with Crippen LogP contribution in [-0.2, 0) is 11.3 Å². The number of rotatable bonds is 6. The molecule has 0 saturated heterocycles. The lowest BCUT2D eigenvalue weighted by Crippen LogP contribution is -2.35. The molecule has 0 unspecified atom stereocenters. The Balaban J connectivity index is 1.87. The summed E-state index contributed by atoms with van der Waals surface area (Å²) in [5.41, 5.74) is 2.49. The van der Waals surface area contributed by atoms with E-state index in [1.165, 1.54) is 11.2 Å². The number of aromatic nitrogens is 4. The van der Waals surface area contributed by atoms with E-state index < -0.39 is 5.97 Å². The van der Waals surface area contributed by atoms with Crippen LogP contribution in [0.4, 0.5) is 0 Å². The summed E-state index contributed by atoms with van der Waals surface area (Å²) in [6, 6.07) is 7.63. The van der Waals surface area contributed by atoms with Crippen LogP contribution in [0, 0.1) is 13.8 Å². The highest BCUT2D eigenvalue weighted by molar-refractivity contribution is 7.17. The molecule has 134 valence electrons. The Labute approximate surface area is 153 Å². The van der Waals surface area contributed by atoms with Gasteiger partial charge in [-0.05, 0) is 19.4 Å². The lowest BCUT2D eigenvalue weighted by atomic mass is 10.1. The van der Waals surface area contributed by atoms with Crippen LogP contribution in [0.2, 0.25) is 0 Å². The number of benzene rings is 1. The van der Waals surface area contributed by atoms with Crippen LogP contribution in [0.15, 0.2) is 30.6 Å². The van der Waals surface area contributed by atoms with Crippen molar-refractivity contribution in [3.63, 3.8) is 0 Å². The van der Waals surface area contributed by atoms with Crippen molar-refractivity contribution in [2.45, 2.75) is 20.4 Å². The van der Waals surface area contributed by atoms with E-state index in [1.807, 2.05) is 31.2 Å². The predicted octanol–water partition coefficient (Wildman–Crippen LogP) is 2.27. The monoisotopic (exact) mass is 371 g/mol. The maximum absolute atomic E-state index is 12.9. The molecule has 1 aromatic carbocycles. The third kappa shape index (κ3) is 3.94. The second kappa shape index (κ2) is 7.44. The average molecular weight is 371 g/mol. The number of amides is 1. The van der Waals surface area contributed by atoms with Gasteiger partial charge in [-0.25, -0.2) is 9.97 Å². The first-order chi connectivity index (χ1) is 12.4. The second-order valence-corrected chi connectivity index (χ2v) is 6.81. The SMILES string of the molecule is Cc1ccc(CN(CC(=O)O)C(=O)c2sc(-c3ncn[nH]3)nc2C)cc1. The van der Waals surface area contributed by atoms with Gasteiger partial charge in [-0.1, -0.05) is 29.8 Å². The number of carbonyl (C=O) groups is 2. The van der Waals surface area contributed by atoms with Crippen LogP contribution in [-0.4, -0.2) is 48.6 Å². The molecule has 1 amide bonds. The number of hydrogen-bond donors (Lipinski definition) is 2. The number of carboxylic acids is 1. The Morgan fingerprint density at radius 3 is 2.58 bits per heavy atom. The minimum Gasteiger partial charge on any atom is -0.480 e. The Hall–Kier alpha value is -3.07. The zero-order valence-electron chi connectivity index (χ0n) is 14.3. The highest BCUT2D eigenvalue weighted by Gasteiger charge is 2.24. The summed E-state index contributed by atoms with van der Waals surface area (Å²) in [4.78, 5) is 34.3. The van der Waals surface area contributed by atoms with E-state index in [9.17, 15) is 14.7 Å². The second-order valence-electron chi connectivity index (χ2n) is 5.81. The van der Waals surface area contributed by atoms with Crippen molar-refractivity contribution in [2.75, 3.05) is 6.54 Å². The van der Waals surface area contributed by atoms with Crippen LogP contribution < -0.4 is 0 Å². The van der Waals surface area contributed by atoms with Crippen LogP contribution in [0.1, 0.15) is 26.5 Å². The number of H-pyrrole nitrogens is 1. The van der Waals surface area contributed by atoms with Gasteiger partial charge in [0.1, 0.15) is 17.7 Å². The normalized spacial score (nSPS) is 10.7. The number of nitrogens with one attached hydrogen (secondary N) is 1. The fourth-order valence-electron chi connectivity index (χ4n) is 2.42. The number of carboxylic acid groups (broad SMARTS) is 1. The molecule has 0 bridgehead atoms. The minimum atomic E-state index is -1.07. The van der Waals surface area contributed by atoms with Crippen molar-refractivity contribution in [3.8, 4) is 10.8 Å². The predicted molar refractivity (Wildman–Crippen MR) is 95.8 cm³/mol. The van der Waals surface area contributed by atoms with Crippen LogP contribution in [0.5, 0.6) is 0 Å². The molecule has 0 radical (unpaired) electrons. The number of aliphatic carboxylic acids is 1. The van der Waals surface area contributed by atoms with Gasteiger partial charge in [0.15, 0.2) is 10.8 Å². The van der Waals surface area contributed by atoms with Gasteiger partial charge in [0, 0.05) is 6.54 Å². The van der Waals surface area contributed by atoms with Crippen molar-refractivity contribution >= 4 is 23.2 Å². The Morgan fingerprint density at radius 2 is 1.96 bits per heavy atom. The summed E-state index contributed by atoms with van der Waals surface area (Å²) in [6.07, 6.45) is 1.36. The van der Waals surface area contributed by atoms with E-state index in [0.29, 0.717) is 21.4 Å². The van der Waals surface area contributed by atoms with Gasteiger partial charge < -0.3 is 10.0 Å². The summed E-state index contributed by atoms with van der Waals surface area (Å²) in [7, 11) is 0. The molecule has 2 heterocycles. The summed E-state index contributed by atoms with van der Waals surface area (Å²) < 4.78 is 0. The molecule has 0 fully saturated rings. The van der Waals surface area contributed by atoms with Crippen molar-refractivity contribution in [1.82, 2.24) is 25.1 Å². The van der Waals surface area contributed by atoms with E-state index in [-0.39, 0.29) is 19.0 Å². The molecule has 2 N–H and O–H groups in total. The molecule has 26 heavy (non-hydrogen) atoms. The standard InChI is InChI=1S/C17H17N5O3S/c1-10-3-5-12(6-4-10)7-22(8-13(23)24)17(25)14-11(2)20-16(26-14)15-18-9-19-21-15/h3-6,9H,7-8H2,1-2H3,(H,23,24)(H,18,19,21). The van der Waals surface area contributed by atoms with Gasteiger partial charge in [-0.15, -0.1) is 11.3 Å². The molecule has 0 aliphatic carbocycles. The van der Waals surface area contributed by atoms with E-state index in [4.69, 9.17) is 0 Å². The van der Waals surface area contributed by atoms with E-state index in [0.717, 1.165) is 22.5 Å². The molecule has 2 aromatic heterocycles. The number of thiazole rings is 1. The number of hydrogen-bond acceptors (Lipinski definition) is 6. The highest BCUT2D eigenvalue weighted by Crippen LogP contribution is 2.26. The Bertz CT molecular complexity index is 919. The van der Waals surface area contributed by atoms with E-state index in [2.05, 4.69) is 20.2 Å². The number of nitrogens with zero attached hydrogens (tertiary/aromatic N) is 4. The molecular weight excluding hydrogens is 354 g/mol. The smallest absolute Gasteiger partial charge is 0.323 e. The van der Waals surface area contributed by atoms with Crippen molar-refractivity contribution in [3.05, 3.63) is 52.3 Å². The zero-order chi connectivity index (χ0) is 18.7. The molecule has 0 aliphatic heterocycles. The number of aryl methyl sites for hydroxylation is 2. The molecule has 0 atom stereocenters. The first-order valence-electron chi connectivity index (χ1n) is 7.84. The Kier molecular flexibility index (Phi) is 5.08. The number of aromatic amines is 1. The highest BCUT2D eigenvalue weighted by atomic mass is 32.1. The van der Waals surface area contributed by atoms with E-state index >= 15 is 0 Å². The van der Waals surface area contributed by atoms with Crippen LogP contribution in [0.3, 0.4) is 0 Å². The molecule has 0 saturated carbocycles. The van der Waals surface area contributed by atoms with Gasteiger partial charge in [-0.3, -0.25) is 14.7 Å². The largest absolute Gasteiger partial charge is 0.480 e. The lowest BCUT2D eigenvalue weighted by Gasteiger charge is -2.20. The van der Waals surface area contributed by atoms with Crippen molar-refractivity contribution in [2.24, 2.45) is 0 Å². The molecule has 8 nitrogen and oxygen atoms in total. The summed E-state index contributed by atoms with van der Waals surface area (Å²) in [6.45, 7) is 3.51.